The fourth-order valence-electron chi connectivity index (χ4n) is 2.28. The number of H-pyrrole nitrogens is 1. The summed E-state index contributed by atoms with van der Waals surface area (Å²) in [5, 5.41) is 9.47. The molecule has 0 radical (unpaired) electrons. The van der Waals surface area contributed by atoms with Gasteiger partial charge in [-0.05, 0) is 18.4 Å². The molecule has 19 heavy (non-hydrogen) atoms. The number of halogens is 1. The standard InChI is InChI=1S/C14H14ClN3O/c15-12-11(8-17-18-13(12)19)16-9-14(6-7-14)10-4-2-1-3-5-10/h1-5,8H,6-7,9H2,(H2,16,18,19). The Morgan fingerprint density at radius 3 is 2.74 bits per heavy atom. The molecule has 0 bridgehead atoms. The maximum absolute atomic E-state index is 11.4. The van der Waals surface area contributed by atoms with E-state index in [9.17, 15) is 4.79 Å². The van der Waals surface area contributed by atoms with Gasteiger partial charge in [0, 0.05) is 12.0 Å². The van der Waals surface area contributed by atoms with Gasteiger partial charge in [-0.1, -0.05) is 41.9 Å². The Balaban J connectivity index is 1.77. The first kappa shape index (κ1) is 12.2. The number of anilines is 1. The Hall–Kier alpha value is -1.81. The Morgan fingerprint density at radius 2 is 2.05 bits per heavy atom. The van der Waals surface area contributed by atoms with Gasteiger partial charge in [-0.15, -0.1) is 0 Å². The van der Waals surface area contributed by atoms with Gasteiger partial charge in [-0.3, -0.25) is 4.79 Å². The van der Waals surface area contributed by atoms with Crippen LogP contribution in [0.5, 0.6) is 0 Å². The highest BCUT2D eigenvalue weighted by Gasteiger charge is 2.43. The maximum Gasteiger partial charge on any atom is 0.285 e. The summed E-state index contributed by atoms with van der Waals surface area (Å²) >= 11 is 5.94. The average molecular weight is 276 g/mol. The lowest BCUT2D eigenvalue weighted by Crippen LogP contribution is -2.21. The molecule has 0 spiro atoms. The minimum absolute atomic E-state index is 0.166. The normalized spacial score (nSPS) is 16.1. The van der Waals surface area contributed by atoms with Crippen molar-refractivity contribution in [1.29, 1.82) is 0 Å². The molecule has 0 amide bonds. The van der Waals surface area contributed by atoms with Gasteiger partial charge in [0.1, 0.15) is 5.02 Å². The van der Waals surface area contributed by atoms with Crippen molar-refractivity contribution >= 4 is 17.3 Å². The summed E-state index contributed by atoms with van der Waals surface area (Å²) in [5.74, 6) is 0. The maximum atomic E-state index is 11.4. The molecule has 0 atom stereocenters. The van der Waals surface area contributed by atoms with Gasteiger partial charge in [0.25, 0.3) is 5.56 Å². The van der Waals surface area contributed by atoms with Crippen LogP contribution in [-0.2, 0) is 5.41 Å². The van der Waals surface area contributed by atoms with E-state index >= 15 is 0 Å². The van der Waals surface area contributed by atoms with E-state index in [0.29, 0.717) is 5.69 Å². The van der Waals surface area contributed by atoms with Crippen LogP contribution in [0.3, 0.4) is 0 Å². The van der Waals surface area contributed by atoms with Gasteiger partial charge in [0.15, 0.2) is 0 Å². The van der Waals surface area contributed by atoms with Gasteiger partial charge in [0.05, 0.1) is 11.9 Å². The predicted octanol–water partition coefficient (Wildman–Crippen LogP) is 2.57. The van der Waals surface area contributed by atoms with E-state index in [1.807, 2.05) is 6.07 Å². The molecule has 98 valence electrons. The molecule has 1 aromatic carbocycles. The molecule has 1 heterocycles. The molecule has 1 aliphatic rings. The van der Waals surface area contributed by atoms with Crippen molar-refractivity contribution in [3.05, 3.63) is 57.5 Å². The number of aromatic amines is 1. The molecule has 0 saturated heterocycles. The van der Waals surface area contributed by atoms with E-state index in [1.54, 1.807) is 6.20 Å². The second-order valence-electron chi connectivity index (χ2n) is 4.93. The average Bonchev–Trinajstić information content (AvgIpc) is 3.23. The lowest BCUT2D eigenvalue weighted by atomic mass is 9.96. The number of rotatable bonds is 4. The van der Waals surface area contributed by atoms with Crippen molar-refractivity contribution in [3.8, 4) is 0 Å². The Kier molecular flexibility index (Phi) is 3.03. The first-order valence-corrected chi connectivity index (χ1v) is 6.62. The van der Waals surface area contributed by atoms with E-state index in [-0.39, 0.29) is 16.0 Å². The third-order valence-electron chi connectivity index (χ3n) is 3.65. The van der Waals surface area contributed by atoms with Crippen LogP contribution in [-0.4, -0.2) is 16.7 Å². The number of nitrogens with one attached hydrogen (secondary N) is 2. The first-order valence-electron chi connectivity index (χ1n) is 6.24. The van der Waals surface area contributed by atoms with Crippen LogP contribution in [0.2, 0.25) is 5.02 Å². The highest BCUT2D eigenvalue weighted by molar-refractivity contribution is 6.32. The van der Waals surface area contributed by atoms with Crippen LogP contribution < -0.4 is 10.9 Å². The van der Waals surface area contributed by atoms with E-state index < -0.39 is 0 Å². The molecule has 0 aliphatic heterocycles. The molecule has 1 fully saturated rings. The fraction of sp³-hybridized carbons (Fsp3) is 0.286. The van der Waals surface area contributed by atoms with Crippen molar-refractivity contribution in [1.82, 2.24) is 10.2 Å². The Labute approximate surface area is 115 Å². The molecule has 0 unspecified atom stereocenters. The van der Waals surface area contributed by atoms with Crippen LogP contribution in [0.25, 0.3) is 0 Å². The molecular formula is C14H14ClN3O. The Bertz CT molecular complexity index is 635. The SMILES string of the molecule is O=c1[nH]ncc(NCC2(c3ccccc3)CC2)c1Cl. The molecule has 1 saturated carbocycles. The van der Waals surface area contributed by atoms with Crippen molar-refractivity contribution < 1.29 is 0 Å². The number of aromatic nitrogens is 2. The molecule has 1 aromatic heterocycles. The number of nitrogens with zero attached hydrogens (tertiary/aromatic N) is 1. The van der Waals surface area contributed by atoms with E-state index in [1.165, 1.54) is 5.56 Å². The first-order chi connectivity index (χ1) is 9.21. The van der Waals surface area contributed by atoms with Crippen LogP contribution in [0.15, 0.2) is 41.3 Å². The summed E-state index contributed by atoms with van der Waals surface area (Å²) in [4.78, 5) is 11.4. The lowest BCUT2D eigenvalue weighted by molar-refractivity contribution is 0.731. The zero-order valence-corrected chi connectivity index (χ0v) is 11.1. The van der Waals surface area contributed by atoms with E-state index in [0.717, 1.165) is 19.4 Å². The topological polar surface area (TPSA) is 57.8 Å². The van der Waals surface area contributed by atoms with Crippen LogP contribution in [0.4, 0.5) is 5.69 Å². The van der Waals surface area contributed by atoms with Crippen molar-refractivity contribution in [2.24, 2.45) is 0 Å². The van der Waals surface area contributed by atoms with Crippen LogP contribution >= 0.6 is 11.6 Å². The largest absolute Gasteiger partial charge is 0.381 e. The van der Waals surface area contributed by atoms with Crippen LogP contribution in [0, 0.1) is 0 Å². The highest BCUT2D eigenvalue weighted by atomic mass is 35.5. The van der Waals surface area contributed by atoms with Gasteiger partial charge in [-0.2, -0.15) is 5.10 Å². The molecule has 2 aromatic rings. The summed E-state index contributed by atoms with van der Waals surface area (Å²) < 4.78 is 0. The zero-order valence-electron chi connectivity index (χ0n) is 10.3. The van der Waals surface area contributed by atoms with Crippen LogP contribution in [0.1, 0.15) is 18.4 Å². The minimum atomic E-state index is -0.365. The molecule has 3 rings (SSSR count). The number of benzene rings is 1. The minimum Gasteiger partial charge on any atom is -0.381 e. The third kappa shape index (κ3) is 2.36. The van der Waals surface area contributed by atoms with Crippen molar-refractivity contribution in [3.63, 3.8) is 0 Å². The smallest absolute Gasteiger partial charge is 0.285 e. The summed E-state index contributed by atoms with van der Waals surface area (Å²) in [6.45, 7) is 0.766. The van der Waals surface area contributed by atoms with E-state index in [4.69, 9.17) is 11.6 Å². The monoisotopic (exact) mass is 275 g/mol. The van der Waals surface area contributed by atoms with Gasteiger partial charge in [-0.25, -0.2) is 5.10 Å². The van der Waals surface area contributed by atoms with Crippen molar-refractivity contribution in [2.45, 2.75) is 18.3 Å². The van der Waals surface area contributed by atoms with Crippen molar-refractivity contribution in [2.75, 3.05) is 11.9 Å². The van der Waals surface area contributed by atoms with E-state index in [2.05, 4.69) is 39.8 Å². The molecule has 5 heteroatoms. The zero-order chi connectivity index (χ0) is 13.3. The fourth-order valence-corrected chi connectivity index (χ4v) is 2.44. The highest BCUT2D eigenvalue weighted by Crippen LogP contribution is 2.48. The second-order valence-corrected chi connectivity index (χ2v) is 5.30. The Morgan fingerprint density at radius 1 is 1.32 bits per heavy atom. The summed E-state index contributed by atoms with van der Waals surface area (Å²) in [7, 11) is 0. The third-order valence-corrected chi connectivity index (χ3v) is 4.03. The summed E-state index contributed by atoms with van der Waals surface area (Å²) in [5.41, 5.74) is 1.73. The lowest BCUT2D eigenvalue weighted by Gasteiger charge is -2.17. The molecule has 2 N–H and O–H groups in total. The molecule has 1 aliphatic carbocycles. The van der Waals surface area contributed by atoms with Gasteiger partial charge >= 0.3 is 0 Å². The van der Waals surface area contributed by atoms with Gasteiger partial charge < -0.3 is 5.32 Å². The predicted molar refractivity (Wildman–Crippen MR) is 75.7 cm³/mol. The summed E-state index contributed by atoms with van der Waals surface area (Å²) in [6.07, 6.45) is 3.85. The number of hydrogen-bond donors (Lipinski definition) is 2. The molecule has 4 nitrogen and oxygen atoms in total. The molecular weight excluding hydrogens is 262 g/mol. The quantitative estimate of drug-likeness (QED) is 0.902. The summed E-state index contributed by atoms with van der Waals surface area (Å²) in [6, 6.07) is 10.4. The second kappa shape index (κ2) is 4.70. The van der Waals surface area contributed by atoms with Gasteiger partial charge in [0.2, 0.25) is 0 Å². The number of hydrogen-bond acceptors (Lipinski definition) is 3.